The van der Waals surface area contributed by atoms with Gasteiger partial charge in [0.25, 0.3) is 0 Å². The number of benzene rings is 2. The van der Waals surface area contributed by atoms with E-state index in [1.54, 1.807) is 37.3 Å². The van der Waals surface area contributed by atoms with Crippen molar-refractivity contribution in [3.05, 3.63) is 69.5 Å². The second-order valence-corrected chi connectivity index (χ2v) is 5.55. The first kappa shape index (κ1) is 14.3. The first-order chi connectivity index (χ1) is 8.88. The third-order valence-corrected chi connectivity index (χ3v) is 3.51. The molecule has 2 rings (SSSR count). The quantitative estimate of drug-likeness (QED) is 0.879. The molecule has 100 valence electrons. The van der Waals surface area contributed by atoms with Crippen molar-refractivity contribution in [2.75, 3.05) is 0 Å². The minimum atomic E-state index is -1.21. The van der Waals surface area contributed by atoms with Crippen LogP contribution in [0.2, 0.25) is 10.0 Å². The first-order valence-corrected chi connectivity index (χ1v) is 6.56. The molecule has 1 N–H and O–H groups in total. The summed E-state index contributed by atoms with van der Waals surface area (Å²) in [5.74, 6) is -0.328. The Bertz CT molecular complexity index is 596. The van der Waals surface area contributed by atoms with E-state index < -0.39 is 5.60 Å². The van der Waals surface area contributed by atoms with Gasteiger partial charge in [0.2, 0.25) is 0 Å². The highest BCUT2D eigenvalue weighted by molar-refractivity contribution is 6.33. The number of hydrogen-bond donors (Lipinski definition) is 1. The smallest absolute Gasteiger partial charge is 0.123 e. The second-order valence-electron chi connectivity index (χ2n) is 4.70. The number of hydrogen-bond acceptors (Lipinski definition) is 1. The lowest BCUT2D eigenvalue weighted by molar-refractivity contribution is 0.0577. The van der Waals surface area contributed by atoms with Gasteiger partial charge in [0, 0.05) is 22.0 Å². The van der Waals surface area contributed by atoms with Crippen molar-refractivity contribution in [2.24, 2.45) is 0 Å². The van der Waals surface area contributed by atoms with E-state index in [1.165, 1.54) is 12.1 Å². The lowest BCUT2D eigenvalue weighted by Gasteiger charge is -2.25. The Balaban J connectivity index is 2.34. The van der Waals surface area contributed by atoms with Gasteiger partial charge in [-0.15, -0.1) is 0 Å². The molecule has 2 aromatic rings. The summed E-state index contributed by atoms with van der Waals surface area (Å²) in [5.41, 5.74) is 0.0162. The Morgan fingerprint density at radius 2 is 1.89 bits per heavy atom. The van der Waals surface area contributed by atoms with E-state index >= 15 is 0 Å². The fraction of sp³-hybridized carbons (Fsp3) is 0.200. The summed E-state index contributed by atoms with van der Waals surface area (Å²) in [6.07, 6.45) is 0.255. The minimum Gasteiger partial charge on any atom is -0.385 e. The number of halogens is 3. The van der Waals surface area contributed by atoms with Gasteiger partial charge in [-0.25, -0.2) is 4.39 Å². The highest BCUT2D eigenvalue weighted by atomic mass is 35.5. The molecule has 0 spiro atoms. The van der Waals surface area contributed by atoms with Gasteiger partial charge in [-0.1, -0.05) is 35.3 Å². The van der Waals surface area contributed by atoms with Crippen molar-refractivity contribution < 1.29 is 9.50 Å². The van der Waals surface area contributed by atoms with Crippen LogP contribution in [0.3, 0.4) is 0 Å². The fourth-order valence-electron chi connectivity index (χ4n) is 2.05. The van der Waals surface area contributed by atoms with Crippen LogP contribution in [0.1, 0.15) is 18.1 Å². The van der Waals surface area contributed by atoms with Gasteiger partial charge in [-0.2, -0.15) is 0 Å². The van der Waals surface area contributed by atoms with Crippen molar-refractivity contribution in [1.82, 2.24) is 0 Å². The fourth-order valence-corrected chi connectivity index (χ4v) is 2.54. The average Bonchev–Trinajstić information content (AvgIpc) is 2.31. The minimum absolute atomic E-state index is 0.255. The lowest BCUT2D eigenvalue weighted by atomic mass is 9.89. The van der Waals surface area contributed by atoms with Crippen molar-refractivity contribution in [1.29, 1.82) is 0 Å². The van der Waals surface area contributed by atoms with Gasteiger partial charge in [0.15, 0.2) is 0 Å². The molecule has 4 heteroatoms. The van der Waals surface area contributed by atoms with Gasteiger partial charge < -0.3 is 5.11 Å². The van der Waals surface area contributed by atoms with Gasteiger partial charge in [-0.3, -0.25) is 0 Å². The Morgan fingerprint density at radius 3 is 2.58 bits per heavy atom. The summed E-state index contributed by atoms with van der Waals surface area (Å²) in [5, 5.41) is 11.5. The summed E-state index contributed by atoms with van der Waals surface area (Å²) < 4.78 is 13.2. The summed E-state index contributed by atoms with van der Waals surface area (Å²) in [6.45, 7) is 1.63. The molecule has 1 atom stereocenters. The number of rotatable bonds is 3. The Morgan fingerprint density at radius 1 is 1.16 bits per heavy atom. The monoisotopic (exact) mass is 298 g/mol. The Hall–Kier alpha value is -1.09. The van der Waals surface area contributed by atoms with Crippen molar-refractivity contribution in [2.45, 2.75) is 18.9 Å². The molecule has 0 saturated carbocycles. The third-order valence-electron chi connectivity index (χ3n) is 2.95. The summed E-state index contributed by atoms with van der Waals surface area (Å²) >= 11 is 12.0. The summed E-state index contributed by atoms with van der Waals surface area (Å²) in [7, 11) is 0. The van der Waals surface area contributed by atoms with Crippen LogP contribution >= 0.6 is 23.2 Å². The molecule has 1 nitrogen and oxygen atoms in total. The molecule has 0 amide bonds. The summed E-state index contributed by atoms with van der Waals surface area (Å²) in [4.78, 5) is 0. The van der Waals surface area contributed by atoms with Gasteiger partial charge in [0.1, 0.15) is 5.82 Å². The van der Waals surface area contributed by atoms with E-state index in [0.717, 1.165) is 0 Å². The summed E-state index contributed by atoms with van der Waals surface area (Å²) in [6, 6.07) is 11.1. The molecule has 0 aliphatic rings. The van der Waals surface area contributed by atoms with Crippen LogP contribution in [0.15, 0.2) is 42.5 Å². The van der Waals surface area contributed by atoms with E-state index in [4.69, 9.17) is 23.2 Å². The molecule has 0 aromatic heterocycles. The maximum absolute atomic E-state index is 13.2. The Kier molecular flexibility index (Phi) is 4.14. The highest BCUT2D eigenvalue weighted by Crippen LogP contribution is 2.33. The molecule has 0 radical (unpaired) electrons. The van der Waals surface area contributed by atoms with Gasteiger partial charge in [0.05, 0.1) is 5.60 Å². The molecule has 2 aromatic carbocycles. The predicted octanol–water partition coefficient (Wildman–Crippen LogP) is 4.58. The lowest BCUT2D eigenvalue weighted by Crippen LogP contribution is -2.24. The predicted molar refractivity (Wildman–Crippen MR) is 76.1 cm³/mol. The molecule has 0 aliphatic heterocycles. The zero-order chi connectivity index (χ0) is 14.0. The molecular weight excluding hydrogens is 286 g/mol. The molecule has 0 heterocycles. The molecule has 0 aliphatic carbocycles. The van der Waals surface area contributed by atoms with Crippen molar-refractivity contribution in [3.8, 4) is 0 Å². The Labute approximate surface area is 121 Å². The zero-order valence-corrected chi connectivity index (χ0v) is 11.8. The zero-order valence-electron chi connectivity index (χ0n) is 10.3. The first-order valence-electron chi connectivity index (χ1n) is 5.81. The maximum Gasteiger partial charge on any atom is 0.123 e. The molecule has 0 bridgehead atoms. The molecule has 0 fully saturated rings. The molecule has 1 unspecified atom stereocenters. The SMILES string of the molecule is CC(O)(Cc1cccc(F)c1)c1cc(Cl)ccc1Cl. The normalized spacial score (nSPS) is 14.2. The van der Waals surface area contributed by atoms with Crippen LogP contribution in [0.4, 0.5) is 4.39 Å². The van der Waals surface area contributed by atoms with Crippen LogP contribution in [0.5, 0.6) is 0 Å². The highest BCUT2D eigenvalue weighted by Gasteiger charge is 2.26. The van der Waals surface area contributed by atoms with Gasteiger partial charge in [-0.05, 0) is 42.8 Å². The standard InChI is InChI=1S/C15H13Cl2FO/c1-15(19,9-10-3-2-4-12(18)7-10)13-8-11(16)5-6-14(13)17/h2-8,19H,9H2,1H3. The maximum atomic E-state index is 13.2. The van der Waals surface area contributed by atoms with Crippen LogP contribution in [0, 0.1) is 5.82 Å². The molecule has 0 saturated heterocycles. The van der Waals surface area contributed by atoms with E-state index in [1.807, 2.05) is 0 Å². The van der Waals surface area contributed by atoms with E-state index in [-0.39, 0.29) is 12.2 Å². The average molecular weight is 299 g/mol. The van der Waals surface area contributed by atoms with Crippen LogP contribution in [-0.2, 0) is 12.0 Å². The van der Waals surface area contributed by atoms with E-state index in [2.05, 4.69) is 0 Å². The van der Waals surface area contributed by atoms with Crippen LogP contribution < -0.4 is 0 Å². The van der Waals surface area contributed by atoms with Crippen molar-refractivity contribution in [3.63, 3.8) is 0 Å². The molecule has 19 heavy (non-hydrogen) atoms. The van der Waals surface area contributed by atoms with Gasteiger partial charge >= 0.3 is 0 Å². The van der Waals surface area contributed by atoms with E-state index in [9.17, 15) is 9.50 Å². The number of aliphatic hydroxyl groups is 1. The topological polar surface area (TPSA) is 20.2 Å². The van der Waals surface area contributed by atoms with E-state index in [0.29, 0.717) is 21.2 Å². The third kappa shape index (κ3) is 3.47. The van der Waals surface area contributed by atoms with Crippen LogP contribution in [0.25, 0.3) is 0 Å². The van der Waals surface area contributed by atoms with Crippen LogP contribution in [-0.4, -0.2) is 5.11 Å². The molecular formula is C15H13Cl2FO. The second kappa shape index (κ2) is 5.49. The van der Waals surface area contributed by atoms with Crippen molar-refractivity contribution >= 4 is 23.2 Å². The largest absolute Gasteiger partial charge is 0.385 e.